The van der Waals surface area contributed by atoms with Crippen LogP contribution in [0.15, 0.2) is 48.1 Å². The van der Waals surface area contributed by atoms with Gasteiger partial charge < -0.3 is 0 Å². The summed E-state index contributed by atoms with van der Waals surface area (Å²) < 4.78 is 10.8. The number of allylic oxidation sites excluding steroid dienone is 2. The van der Waals surface area contributed by atoms with Crippen molar-refractivity contribution in [2.24, 2.45) is 11.8 Å². The number of hydrogen-bond acceptors (Lipinski definition) is 1. The minimum atomic E-state index is -1.74. The fourth-order valence-corrected chi connectivity index (χ4v) is 5.18. The van der Waals surface area contributed by atoms with E-state index in [1.165, 1.54) is 0 Å². The Labute approximate surface area is 136 Å². The van der Waals surface area contributed by atoms with E-state index in [1.54, 1.807) is 0 Å². The molecule has 20 heavy (non-hydrogen) atoms. The zero-order valence-electron chi connectivity index (χ0n) is 10.5. The van der Waals surface area contributed by atoms with Gasteiger partial charge in [0.25, 0.3) is 3.12 Å². The van der Waals surface area contributed by atoms with E-state index in [2.05, 4.69) is 18.2 Å². The normalized spacial score (nSPS) is 31.9. The Hall–Kier alpha value is -0.280. The average molecular weight is 348 g/mol. The van der Waals surface area contributed by atoms with Gasteiger partial charge in [-0.05, 0) is 29.4 Å². The molecule has 3 rings (SSSR count). The molecule has 0 aromatic heterocycles. The molecule has 1 fully saturated rings. The Morgan fingerprint density at radius 2 is 1.85 bits per heavy atom. The number of rotatable bonds is 2. The van der Waals surface area contributed by atoms with Crippen LogP contribution in [-0.4, -0.2) is 12.6 Å². The summed E-state index contributed by atoms with van der Waals surface area (Å²) in [6.45, 7) is 0. The maximum atomic E-state index is 12.5. The van der Waals surface area contributed by atoms with E-state index in [0.29, 0.717) is 5.92 Å². The van der Waals surface area contributed by atoms with Gasteiger partial charge in [0, 0.05) is 0 Å². The second-order valence-corrected chi connectivity index (χ2v) is 9.78. The molecule has 0 N–H and O–H groups in total. The minimum Gasteiger partial charge on any atom is -0.254 e. The van der Waals surface area contributed by atoms with Crippen molar-refractivity contribution in [1.29, 1.82) is 0 Å². The summed E-state index contributed by atoms with van der Waals surface area (Å²) in [5, 5.41) is -0.197. The van der Waals surface area contributed by atoms with Crippen LogP contribution in [0, 0.1) is 11.8 Å². The quantitative estimate of drug-likeness (QED) is 0.559. The van der Waals surface area contributed by atoms with E-state index in [0.717, 1.165) is 17.6 Å². The molecule has 0 radical (unpaired) electrons. The summed E-state index contributed by atoms with van der Waals surface area (Å²) in [6, 6.07) is 9.99. The van der Waals surface area contributed by atoms with Crippen LogP contribution in [0.4, 0.5) is 0 Å². The molecule has 1 aromatic rings. The third-order valence-electron chi connectivity index (χ3n) is 3.85. The second-order valence-electron chi connectivity index (χ2n) is 5.11. The number of halogens is 3. The molecule has 1 nitrogen and oxygen atoms in total. The van der Waals surface area contributed by atoms with Crippen molar-refractivity contribution in [3.8, 4) is 0 Å². The van der Waals surface area contributed by atoms with Gasteiger partial charge in [-0.3, -0.25) is 4.21 Å². The highest BCUT2D eigenvalue weighted by Crippen LogP contribution is 2.50. The Balaban J connectivity index is 1.98. The molecular formula is C15H13Cl3OS. The Bertz CT molecular complexity index is 589. The first kappa shape index (κ1) is 14.6. The molecule has 106 valence electrons. The molecule has 2 aliphatic rings. The van der Waals surface area contributed by atoms with Crippen molar-refractivity contribution in [3.05, 3.63) is 53.6 Å². The van der Waals surface area contributed by atoms with Crippen molar-refractivity contribution in [2.75, 3.05) is 0 Å². The highest BCUT2D eigenvalue weighted by atomic mass is 35.6. The lowest BCUT2D eigenvalue weighted by Gasteiger charge is -2.24. The number of fused-ring (bicyclic) bond motifs is 2. The fourth-order valence-electron chi connectivity index (χ4n) is 3.01. The van der Waals surface area contributed by atoms with Gasteiger partial charge in [0.2, 0.25) is 0 Å². The molecule has 1 aromatic carbocycles. The summed E-state index contributed by atoms with van der Waals surface area (Å²) in [6.07, 6.45) is 7.33. The lowest BCUT2D eigenvalue weighted by Crippen LogP contribution is -2.30. The van der Waals surface area contributed by atoms with Gasteiger partial charge in [-0.2, -0.15) is 0 Å². The lowest BCUT2D eigenvalue weighted by molar-refractivity contribution is 0.652. The Morgan fingerprint density at radius 3 is 2.50 bits per heavy atom. The van der Waals surface area contributed by atoms with Crippen LogP contribution in [0.2, 0.25) is 0 Å². The van der Waals surface area contributed by atoms with Gasteiger partial charge in [0.1, 0.15) is 0 Å². The predicted octanol–water partition coefficient (Wildman–Crippen LogP) is 4.72. The maximum Gasteiger partial charge on any atom is 0.266 e. The van der Waals surface area contributed by atoms with Crippen molar-refractivity contribution < 1.29 is 4.21 Å². The first-order valence-electron chi connectivity index (χ1n) is 6.39. The molecule has 4 atom stereocenters. The smallest absolute Gasteiger partial charge is 0.254 e. The zero-order valence-corrected chi connectivity index (χ0v) is 13.6. The van der Waals surface area contributed by atoms with Crippen molar-refractivity contribution in [3.63, 3.8) is 0 Å². The van der Waals surface area contributed by atoms with E-state index in [1.807, 2.05) is 30.3 Å². The fraction of sp³-hybridized carbons (Fsp3) is 0.333. The number of hydrogen-bond donors (Lipinski definition) is 0. The van der Waals surface area contributed by atoms with Crippen LogP contribution in [0.3, 0.4) is 0 Å². The summed E-state index contributed by atoms with van der Waals surface area (Å²) in [5.41, 5.74) is 2.21. The van der Waals surface area contributed by atoms with E-state index < -0.39 is 13.9 Å². The number of alkyl halides is 3. The second kappa shape index (κ2) is 5.49. The minimum absolute atomic E-state index is 0.197. The largest absolute Gasteiger partial charge is 0.266 e. The molecule has 2 bridgehead atoms. The molecule has 0 aliphatic heterocycles. The maximum absolute atomic E-state index is 12.5. The van der Waals surface area contributed by atoms with Crippen LogP contribution in [-0.2, 0) is 10.8 Å². The molecule has 2 aliphatic carbocycles. The van der Waals surface area contributed by atoms with E-state index in [-0.39, 0.29) is 11.2 Å². The standard InChI is InChI=1S/C15H13Cl3OS/c16-15(17,18)20(19)14-12-7-6-11(9-12)13(14)8-10-4-2-1-3-5-10/h1-8,11-12,14H,9H2/b13-8+/t11-,12+,14-,20?/m0/s1. The summed E-state index contributed by atoms with van der Waals surface area (Å²) in [4.78, 5) is 0. The van der Waals surface area contributed by atoms with Gasteiger partial charge in [-0.1, -0.05) is 83.4 Å². The molecule has 5 heteroatoms. The average Bonchev–Trinajstić information content (AvgIpc) is 2.99. The molecule has 0 saturated heterocycles. The Morgan fingerprint density at radius 1 is 1.15 bits per heavy atom. The van der Waals surface area contributed by atoms with E-state index in [9.17, 15) is 4.21 Å². The summed E-state index contributed by atoms with van der Waals surface area (Å²) >= 11 is 17.5. The molecule has 0 amide bonds. The molecule has 1 unspecified atom stereocenters. The van der Waals surface area contributed by atoms with Gasteiger partial charge in [0.15, 0.2) is 0 Å². The van der Waals surface area contributed by atoms with Crippen LogP contribution in [0.25, 0.3) is 6.08 Å². The van der Waals surface area contributed by atoms with Crippen molar-refractivity contribution in [2.45, 2.75) is 14.8 Å². The first-order chi connectivity index (χ1) is 9.47. The van der Waals surface area contributed by atoms with E-state index >= 15 is 0 Å². The summed E-state index contributed by atoms with van der Waals surface area (Å²) in [7, 11) is -1.54. The topological polar surface area (TPSA) is 17.1 Å². The SMILES string of the molecule is O=S([C@@H]1/C(=C/c2ccccc2)[C@H]2C=C[C@@H]1C2)C(Cl)(Cl)Cl. The molecule has 1 saturated carbocycles. The van der Waals surface area contributed by atoms with Crippen molar-refractivity contribution in [1.82, 2.24) is 0 Å². The van der Waals surface area contributed by atoms with Gasteiger partial charge in [0.05, 0.1) is 16.0 Å². The van der Waals surface area contributed by atoms with Crippen LogP contribution in [0.5, 0.6) is 0 Å². The third kappa shape index (κ3) is 2.71. The van der Waals surface area contributed by atoms with E-state index in [4.69, 9.17) is 34.8 Å². The first-order valence-corrected chi connectivity index (χ1v) is 8.74. The zero-order chi connectivity index (χ0) is 14.3. The molecule has 0 spiro atoms. The van der Waals surface area contributed by atoms with Crippen LogP contribution < -0.4 is 0 Å². The highest BCUT2D eigenvalue weighted by Gasteiger charge is 2.48. The summed E-state index contributed by atoms with van der Waals surface area (Å²) in [5.74, 6) is 0.535. The van der Waals surface area contributed by atoms with Gasteiger partial charge in [-0.15, -0.1) is 0 Å². The van der Waals surface area contributed by atoms with Crippen LogP contribution >= 0.6 is 34.8 Å². The monoisotopic (exact) mass is 346 g/mol. The number of benzene rings is 1. The molecule has 0 heterocycles. The van der Waals surface area contributed by atoms with Gasteiger partial charge >= 0.3 is 0 Å². The predicted molar refractivity (Wildman–Crippen MR) is 87.4 cm³/mol. The third-order valence-corrected chi connectivity index (χ3v) is 6.76. The van der Waals surface area contributed by atoms with Crippen molar-refractivity contribution >= 4 is 51.7 Å². The lowest BCUT2D eigenvalue weighted by atomic mass is 9.98. The highest BCUT2D eigenvalue weighted by molar-refractivity contribution is 7.92. The van der Waals surface area contributed by atoms with Gasteiger partial charge in [-0.25, -0.2) is 0 Å². The molecular weight excluding hydrogens is 335 g/mol. The van der Waals surface area contributed by atoms with Crippen LogP contribution in [0.1, 0.15) is 12.0 Å². The Kier molecular flexibility index (Phi) is 4.02.